The quantitative estimate of drug-likeness (QED) is 0.629. The maximum Gasteiger partial charge on any atom is 0.339 e. The van der Waals surface area contributed by atoms with Crippen molar-refractivity contribution in [2.75, 3.05) is 12.4 Å². The summed E-state index contributed by atoms with van der Waals surface area (Å²) in [7, 11) is 0. The second kappa shape index (κ2) is 6.57. The van der Waals surface area contributed by atoms with Crippen molar-refractivity contribution in [2.24, 2.45) is 0 Å². The number of benzene rings is 1. The molecule has 1 aliphatic heterocycles. The Kier molecular flexibility index (Phi) is 4.65. The minimum absolute atomic E-state index is 0.00409. The first-order valence-electron chi connectivity index (χ1n) is 8.09. The Bertz CT molecular complexity index is 756. The number of pyridine rings is 1. The number of hydrogen-bond donors (Lipinski definition) is 0. The Morgan fingerprint density at radius 1 is 1.33 bits per heavy atom. The van der Waals surface area contributed by atoms with Gasteiger partial charge in [-0.15, -0.1) is 0 Å². The van der Waals surface area contributed by atoms with Crippen LogP contribution in [0.25, 0.3) is 11.3 Å². The second-order valence-corrected chi connectivity index (χ2v) is 8.09. The first kappa shape index (κ1) is 17.0. The molecule has 4 nitrogen and oxygen atoms in total. The van der Waals surface area contributed by atoms with Gasteiger partial charge in [0.15, 0.2) is 4.90 Å². The lowest BCUT2D eigenvalue weighted by atomic mass is 9.81. The average Bonchev–Trinajstić information content (AvgIpc) is 2.59. The number of fused-ring (bicyclic) bond motifs is 1. The number of carbonyl (C=O) groups is 1. The molecule has 2 aromatic rings. The van der Waals surface area contributed by atoms with Crippen LogP contribution in [0.4, 0.5) is 0 Å². The first-order valence-corrected chi connectivity index (χ1v) is 9.41. The van der Waals surface area contributed by atoms with Crippen LogP contribution in [0.15, 0.2) is 41.4 Å². The molecule has 2 heterocycles. The molecule has 5 heteroatoms. The smallest absolute Gasteiger partial charge is 0.339 e. The third-order valence-corrected chi connectivity index (χ3v) is 5.86. The van der Waals surface area contributed by atoms with Crippen LogP contribution in [0.2, 0.25) is 0 Å². The summed E-state index contributed by atoms with van der Waals surface area (Å²) in [4.78, 5) is 17.0. The van der Waals surface area contributed by atoms with E-state index in [4.69, 9.17) is 4.74 Å². The molecule has 0 fully saturated rings. The predicted molar refractivity (Wildman–Crippen MR) is 94.5 cm³/mol. The summed E-state index contributed by atoms with van der Waals surface area (Å²) in [5.41, 5.74) is 3.33. The highest BCUT2D eigenvalue weighted by Crippen LogP contribution is 2.39. The fourth-order valence-electron chi connectivity index (χ4n) is 2.91. The van der Waals surface area contributed by atoms with Crippen molar-refractivity contribution in [1.29, 1.82) is 0 Å². The van der Waals surface area contributed by atoms with Crippen molar-refractivity contribution in [2.45, 2.75) is 37.5 Å². The molecule has 0 bridgehead atoms. The molecule has 1 aromatic carbocycles. The molecule has 1 aliphatic rings. The fraction of sp³-hybridized carbons (Fsp3) is 0.368. The van der Waals surface area contributed by atoms with Gasteiger partial charge in [0.05, 0.1) is 17.9 Å². The van der Waals surface area contributed by atoms with E-state index in [1.807, 2.05) is 18.2 Å². The highest BCUT2D eigenvalue weighted by atomic mass is 32.2. The molecular weight excluding hydrogens is 322 g/mol. The summed E-state index contributed by atoms with van der Waals surface area (Å²) >= 11 is -0.920. The van der Waals surface area contributed by atoms with E-state index in [9.17, 15) is 9.35 Å². The van der Waals surface area contributed by atoms with Gasteiger partial charge in [-0.05, 0) is 53.8 Å². The van der Waals surface area contributed by atoms with Gasteiger partial charge in [-0.1, -0.05) is 13.8 Å². The van der Waals surface area contributed by atoms with Crippen LogP contribution in [0.1, 0.15) is 43.1 Å². The highest BCUT2D eigenvalue weighted by Gasteiger charge is 2.35. The van der Waals surface area contributed by atoms with Crippen molar-refractivity contribution in [3.8, 4) is 11.3 Å². The molecule has 1 unspecified atom stereocenters. The summed E-state index contributed by atoms with van der Waals surface area (Å²) in [6.45, 7) is 6.49. The molecule has 0 amide bonds. The standard InChI is InChI=1S/C19H21NO3S/c1-4-23-18(21)14-5-7-16(20-12-14)13-6-8-17-15(11-13)19(2,3)9-10-24(17)22/h5-8,11-12H,4,9-10H2,1-3H3. The molecule has 0 saturated heterocycles. The summed E-state index contributed by atoms with van der Waals surface area (Å²) < 4.78 is 17.2. The highest BCUT2D eigenvalue weighted by molar-refractivity contribution is 7.91. The number of esters is 1. The fourth-order valence-corrected chi connectivity index (χ4v) is 4.62. The van der Waals surface area contributed by atoms with Crippen LogP contribution in [0.3, 0.4) is 0 Å². The van der Waals surface area contributed by atoms with E-state index in [2.05, 4.69) is 24.9 Å². The van der Waals surface area contributed by atoms with Gasteiger partial charge in [0.25, 0.3) is 0 Å². The lowest BCUT2D eigenvalue weighted by Crippen LogP contribution is -2.30. The van der Waals surface area contributed by atoms with Crippen LogP contribution in [-0.2, 0) is 21.3 Å². The van der Waals surface area contributed by atoms with E-state index in [0.717, 1.165) is 28.1 Å². The normalized spacial score (nSPS) is 18.8. The topological polar surface area (TPSA) is 62.2 Å². The Hall–Kier alpha value is -1.85. The van der Waals surface area contributed by atoms with E-state index in [1.165, 1.54) is 6.20 Å². The van der Waals surface area contributed by atoms with Crippen molar-refractivity contribution < 1.29 is 14.1 Å². The van der Waals surface area contributed by atoms with E-state index >= 15 is 0 Å². The van der Waals surface area contributed by atoms with Crippen molar-refractivity contribution in [3.63, 3.8) is 0 Å². The number of nitrogens with zero attached hydrogens (tertiary/aromatic N) is 1. The maximum absolute atomic E-state index is 12.2. The molecule has 1 aromatic heterocycles. The summed E-state index contributed by atoms with van der Waals surface area (Å²) in [5.74, 6) is 0.352. The van der Waals surface area contributed by atoms with Crippen LogP contribution < -0.4 is 0 Å². The van der Waals surface area contributed by atoms with Gasteiger partial charge < -0.3 is 9.29 Å². The monoisotopic (exact) mass is 343 g/mol. The third-order valence-electron chi connectivity index (χ3n) is 4.44. The SMILES string of the molecule is CCOC(=O)c1ccc(-c2ccc3c(c2)C(C)(C)CC[S+]3[O-])nc1. The zero-order valence-electron chi connectivity index (χ0n) is 14.2. The zero-order chi connectivity index (χ0) is 17.3. The summed E-state index contributed by atoms with van der Waals surface area (Å²) in [6.07, 6.45) is 2.45. The Balaban J connectivity index is 1.95. The van der Waals surface area contributed by atoms with Gasteiger partial charge >= 0.3 is 5.97 Å². The molecule has 0 spiro atoms. The molecule has 1 atom stereocenters. The molecule has 0 radical (unpaired) electrons. The Morgan fingerprint density at radius 2 is 2.12 bits per heavy atom. The number of hydrogen-bond acceptors (Lipinski definition) is 4. The number of ether oxygens (including phenoxy) is 1. The molecule has 24 heavy (non-hydrogen) atoms. The van der Waals surface area contributed by atoms with Gasteiger partial charge in [0.2, 0.25) is 0 Å². The zero-order valence-corrected chi connectivity index (χ0v) is 15.0. The molecule has 0 aliphatic carbocycles. The molecule has 126 valence electrons. The molecular formula is C19H21NO3S. The van der Waals surface area contributed by atoms with E-state index in [0.29, 0.717) is 17.9 Å². The number of aromatic nitrogens is 1. The Labute approximate surface area is 145 Å². The van der Waals surface area contributed by atoms with E-state index < -0.39 is 11.2 Å². The van der Waals surface area contributed by atoms with E-state index in [-0.39, 0.29) is 11.4 Å². The van der Waals surface area contributed by atoms with Crippen LogP contribution >= 0.6 is 0 Å². The minimum atomic E-state index is -0.920. The summed E-state index contributed by atoms with van der Waals surface area (Å²) in [6, 6.07) is 9.52. The molecule has 0 N–H and O–H groups in total. The second-order valence-electron chi connectivity index (χ2n) is 6.55. The van der Waals surface area contributed by atoms with Gasteiger partial charge in [-0.2, -0.15) is 0 Å². The van der Waals surface area contributed by atoms with Gasteiger partial charge in [-0.25, -0.2) is 4.79 Å². The van der Waals surface area contributed by atoms with Crippen molar-refractivity contribution >= 4 is 17.1 Å². The largest absolute Gasteiger partial charge is 0.611 e. The average molecular weight is 343 g/mol. The van der Waals surface area contributed by atoms with Crippen molar-refractivity contribution in [1.82, 2.24) is 4.98 Å². The first-order chi connectivity index (χ1) is 11.4. The predicted octanol–water partition coefficient (Wildman–Crippen LogP) is 3.71. The number of rotatable bonds is 3. The lowest BCUT2D eigenvalue weighted by Gasteiger charge is -2.33. The van der Waals surface area contributed by atoms with Gasteiger partial charge in [0, 0.05) is 23.7 Å². The van der Waals surface area contributed by atoms with Crippen molar-refractivity contribution in [3.05, 3.63) is 47.7 Å². The van der Waals surface area contributed by atoms with Gasteiger partial charge in [-0.3, -0.25) is 4.98 Å². The lowest BCUT2D eigenvalue weighted by molar-refractivity contribution is 0.0526. The Morgan fingerprint density at radius 3 is 2.79 bits per heavy atom. The molecule has 3 rings (SSSR count). The maximum atomic E-state index is 12.2. The van der Waals surface area contributed by atoms with Crippen LogP contribution in [-0.4, -0.2) is 27.9 Å². The van der Waals surface area contributed by atoms with E-state index in [1.54, 1.807) is 13.0 Å². The summed E-state index contributed by atoms with van der Waals surface area (Å²) in [5, 5.41) is 0. The van der Waals surface area contributed by atoms with Crippen LogP contribution in [0, 0.1) is 0 Å². The minimum Gasteiger partial charge on any atom is -0.611 e. The molecule has 0 saturated carbocycles. The van der Waals surface area contributed by atoms with Gasteiger partial charge in [0.1, 0.15) is 5.75 Å². The van der Waals surface area contributed by atoms with Crippen LogP contribution in [0.5, 0.6) is 0 Å². The number of carbonyl (C=O) groups excluding carboxylic acids is 1. The third kappa shape index (κ3) is 3.19.